The van der Waals surface area contributed by atoms with E-state index in [9.17, 15) is 53.1 Å². The molecule has 2 aromatic rings. The molecule has 0 aliphatic heterocycles. The van der Waals surface area contributed by atoms with Crippen LogP contribution in [0.3, 0.4) is 0 Å². The topological polar surface area (TPSA) is 182 Å². The maximum absolute atomic E-state index is 14.1. The second kappa shape index (κ2) is 9.68. The predicted octanol–water partition coefficient (Wildman–Crippen LogP) is 1.74. The summed E-state index contributed by atoms with van der Waals surface area (Å²) in [6.45, 7) is 0. The van der Waals surface area contributed by atoms with Crippen LogP contribution in [0.15, 0.2) is 59.4 Å². The molecule has 2 aromatic carbocycles. The van der Waals surface area contributed by atoms with Crippen molar-refractivity contribution in [2.75, 3.05) is 14.1 Å². The molecule has 10 nitrogen and oxygen atoms in total. The summed E-state index contributed by atoms with van der Waals surface area (Å²) in [6.07, 6.45) is -6.53. The Hall–Kier alpha value is -4.20. The van der Waals surface area contributed by atoms with Gasteiger partial charge in [0.05, 0.1) is 29.2 Å². The zero-order valence-electron chi connectivity index (χ0n) is 22.3. The minimum Gasteiger partial charge on any atom is -0.508 e. The van der Waals surface area contributed by atoms with E-state index in [1.54, 1.807) is 0 Å². The maximum Gasteiger partial charge on any atom is 0.416 e. The Morgan fingerprint density at radius 2 is 1.67 bits per heavy atom. The van der Waals surface area contributed by atoms with Gasteiger partial charge >= 0.3 is 6.18 Å². The van der Waals surface area contributed by atoms with Crippen LogP contribution in [0.4, 0.5) is 13.2 Å². The lowest BCUT2D eigenvalue weighted by atomic mass is 9.53. The first-order valence-corrected chi connectivity index (χ1v) is 12.8. The SMILES string of the molecule is CN(C)C1C(=O)C(C(N)=O)=C(O)C2(O)C(=O)C3=C(O)c4c(O)cccc4C(Cc4ccc(C(F)(F)F)cc4)C3C(O)C12. The molecule has 222 valence electrons. The minimum atomic E-state index is -4.59. The highest BCUT2D eigenvalue weighted by molar-refractivity contribution is 6.24. The van der Waals surface area contributed by atoms with E-state index in [2.05, 4.69) is 0 Å². The Balaban J connectivity index is 1.75. The molecule has 0 aromatic heterocycles. The average Bonchev–Trinajstić information content (AvgIpc) is 2.89. The zero-order chi connectivity index (χ0) is 31.0. The summed E-state index contributed by atoms with van der Waals surface area (Å²) in [5.41, 5.74) is 0.108. The number of hydrogen-bond acceptors (Lipinski definition) is 9. The highest BCUT2D eigenvalue weighted by atomic mass is 19.4. The Labute approximate surface area is 236 Å². The monoisotopic (exact) mass is 588 g/mol. The van der Waals surface area contributed by atoms with Gasteiger partial charge in [0.1, 0.15) is 22.8 Å². The summed E-state index contributed by atoms with van der Waals surface area (Å²) in [5.74, 6) is -10.5. The van der Waals surface area contributed by atoms with Crippen LogP contribution in [0.25, 0.3) is 5.76 Å². The van der Waals surface area contributed by atoms with Crippen LogP contribution in [0.5, 0.6) is 5.75 Å². The second-order valence-electron chi connectivity index (χ2n) is 11.0. The van der Waals surface area contributed by atoms with Gasteiger partial charge in [0, 0.05) is 11.5 Å². The summed E-state index contributed by atoms with van der Waals surface area (Å²) >= 11 is 0. The number of fused-ring (bicyclic) bond motifs is 3. The third kappa shape index (κ3) is 4.02. The standard InChI is InChI=1S/C29H27F3N2O8/c1-34(2)21-20-23(37)17-14(10-11-6-8-12(9-7-11)29(30,31)32)13-4-3-5-15(35)16(13)22(36)18(17)25(39)28(20,42)26(40)19(24(21)38)27(33)41/h3-9,14,17,20-21,23,35-37,40,42H,10H2,1-2H3,(H2,33,41). The molecule has 13 heteroatoms. The molecule has 5 rings (SSSR count). The number of rotatable bonds is 4. The van der Waals surface area contributed by atoms with Crippen molar-refractivity contribution in [1.82, 2.24) is 4.90 Å². The van der Waals surface area contributed by atoms with Gasteiger partial charge in [-0.25, -0.2) is 0 Å². The van der Waals surface area contributed by atoms with E-state index in [-0.39, 0.29) is 17.5 Å². The first-order chi connectivity index (χ1) is 19.5. The fourth-order valence-electron chi connectivity index (χ4n) is 6.72. The fraction of sp³-hybridized carbons (Fsp3) is 0.345. The van der Waals surface area contributed by atoms with Gasteiger partial charge in [-0.3, -0.25) is 19.3 Å². The number of phenolic OH excluding ortho intramolecular Hbond substituents is 1. The molecular weight excluding hydrogens is 561 g/mol. The number of halogens is 3. The number of ketones is 2. The molecule has 0 heterocycles. The number of carbonyl (C=O) groups is 3. The molecule has 1 saturated carbocycles. The van der Waals surface area contributed by atoms with Gasteiger partial charge in [-0.2, -0.15) is 13.2 Å². The van der Waals surface area contributed by atoms with Gasteiger partial charge in [0.25, 0.3) is 5.91 Å². The van der Waals surface area contributed by atoms with E-state index in [1.165, 1.54) is 49.3 Å². The Morgan fingerprint density at radius 1 is 1.05 bits per heavy atom. The van der Waals surface area contributed by atoms with Crippen molar-refractivity contribution in [1.29, 1.82) is 0 Å². The highest BCUT2D eigenvalue weighted by Gasteiger charge is 2.68. The van der Waals surface area contributed by atoms with E-state index < -0.39 is 93.1 Å². The van der Waals surface area contributed by atoms with E-state index in [0.717, 1.165) is 12.1 Å². The van der Waals surface area contributed by atoms with Crippen molar-refractivity contribution in [2.24, 2.45) is 17.6 Å². The molecule has 1 fully saturated rings. The van der Waals surface area contributed by atoms with Crippen LogP contribution in [-0.4, -0.2) is 79.7 Å². The maximum atomic E-state index is 14.1. The summed E-state index contributed by atoms with van der Waals surface area (Å²) in [6, 6.07) is 6.81. The third-order valence-electron chi connectivity index (χ3n) is 8.53. The molecule has 6 unspecified atom stereocenters. The first-order valence-electron chi connectivity index (χ1n) is 12.8. The van der Waals surface area contributed by atoms with Gasteiger partial charge in [-0.1, -0.05) is 24.3 Å². The Kier molecular flexibility index (Phi) is 6.75. The smallest absolute Gasteiger partial charge is 0.416 e. The van der Waals surface area contributed by atoms with Crippen LogP contribution in [-0.2, 0) is 27.0 Å². The van der Waals surface area contributed by atoms with Crippen molar-refractivity contribution >= 4 is 23.2 Å². The third-order valence-corrected chi connectivity index (χ3v) is 8.53. The highest BCUT2D eigenvalue weighted by Crippen LogP contribution is 2.56. The van der Waals surface area contributed by atoms with E-state index in [1.807, 2.05) is 0 Å². The molecule has 6 atom stereocenters. The number of hydrogen-bond donors (Lipinski definition) is 6. The molecule has 7 N–H and O–H groups in total. The first kappa shape index (κ1) is 29.3. The molecule has 3 aliphatic rings. The van der Waals surface area contributed by atoms with Crippen LogP contribution >= 0.6 is 0 Å². The number of Topliss-reactive ketones (excluding diaryl/α,β-unsaturated/α-hetero) is 2. The molecule has 0 bridgehead atoms. The lowest BCUT2D eigenvalue weighted by molar-refractivity contribution is -0.169. The van der Waals surface area contributed by atoms with Crippen molar-refractivity contribution in [3.05, 3.63) is 81.6 Å². The van der Waals surface area contributed by atoms with Crippen molar-refractivity contribution in [2.45, 2.75) is 36.3 Å². The molecule has 0 saturated heterocycles. The average molecular weight is 589 g/mol. The molecule has 0 spiro atoms. The van der Waals surface area contributed by atoms with E-state index in [4.69, 9.17) is 5.73 Å². The number of nitrogens with two attached hydrogens (primary N) is 1. The second-order valence-corrected chi connectivity index (χ2v) is 11.0. The van der Waals surface area contributed by atoms with Crippen LogP contribution in [0.1, 0.15) is 28.2 Å². The van der Waals surface area contributed by atoms with E-state index in [0.29, 0.717) is 5.56 Å². The summed E-state index contributed by atoms with van der Waals surface area (Å²) < 4.78 is 39.5. The Morgan fingerprint density at radius 3 is 2.21 bits per heavy atom. The zero-order valence-corrected chi connectivity index (χ0v) is 22.3. The van der Waals surface area contributed by atoms with Crippen LogP contribution in [0, 0.1) is 11.8 Å². The number of primary amides is 1. The number of carbonyl (C=O) groups excluding carboxylic acids is 3. The van der Waals surface area contributed by atoms with Gasteiger partial charge in [-0.15, -0.1) is 0 Å². The van der Waals surface area contributed by atoms with Gasteiger partial charge in [0.15, 0.2) is 11.4 Å². The largest absolute Gasteiger partial charge is 0.508 e. The van der Waals surface area contributed by atoms with Crippen molar-refractivity contribution < 1.29 is 53.1 Å². The number of benzene rings is 2. The normalized spacial score (nSPS) is 29.4. The van der Waals surface area contributed by atoms with Gasteiger partial charge in [-0.05, 0) is 55.8 Å². The summed E-state index contributed by atoms with van der Waals surface area (Å²) in [7, 11) is 2.77. The molecule has 42 heavy (non-hydrogen) atoms. The van der Waals surface area contributed by atoms with Crippen molar-refractivity contribution in [3.8, 4) is 5.75 Å². The number of likely N-dealkylation sites (N-methyl/N-ethyl adjacent to an activating group) is 1. The predicted molar refractivity (Wildman–Crippen MR) is 140 cm³/mol. The quantitative estimate of drug-likeness (QED) is 0.290. The van der Waals surface area contributed by atoms with Crippen molar-refractivity contribution in [3.63, 3.8) is 0 Å². The minimum absolute atomic E-state index is 0.0968. The molecular formula is C29H27F3N2O8. The van der Waals surface area contributed by atoms with Crippen LogP contribution in [0.2, 0.25) is 0 Å². The van der Waals surface area contributed by atoms with E-state index >= 15 is 0 Å². The number of nitrogens with zero attached hydrogens (tertiary/aromatic N) is 1. The number of alkyl halides is 3. The van der Waals surface area contributed by atoms with Crippen LogP contribution < -0.4 is 5.73 Å². The fourth-order valence-corrected chi connectivity index (χ4v) is 6.72. The van der Waals surface area contributed by atoms with Gasteiger partial charge in [0.2, 0.25) is 5.78 Å². The number of aromatic hydroxyl groups is 1. The number of phenols is 1. The summed E-state index contributed by atoms with van der Waals surface area (Å²) in [5, 5.41) is 56.6. The number of aliphatic hydroxyl groups excluding tert-OH is 3. The molecule has 1 amide bonds. The molecule has 0 radical (unpaired) electrons. The number of amides is 1. The number of aliphatic hydroxyl groups is 4. The Bertz CT molecular complexity index is 1580. The van der Waals surface area contributed by atoms with Gasteiger partial charge < -0.3 is 31.3 Å². The summed E-state index contributed by atoms with van der Waals surface area (Å²) in [4.78, 5) is 40.9. The molecule has 3 aliphatic carbocycles. The lowest BCUT2D eigenvalue weighted by Gasteiger charge is -2.54. The lowest BCUT2D eigenvalue weighted by Crippen LogP contribution is -2.70.